The van der Waals surface area contributed by atoms with E-state index in [0.29, 0.717) is 12.5 Å². The van der Waals surface area contributed by atoms with Crippen molar-refractivity contribution in [3.63, 3.8) is 0 Å². The van der Waals surface area contributed by atoms with Gasteiger partial charge in [-0.2, -0.15) is 0 Å². The molecule has 1 saturated heterocycles. The van der Waals surface area contributed by atoms with Gasteiger partial charge < -0.3 is 15.3 Å². The lowest BCUT2D eigenvalue weighted by Gasteiger charge is -2.16. The van der Waals surface area contributed by atoms with Gasteiger partial charge in [-0.25, -0.2) is 0 Å². The highest BCUT2D eigenvalue weighted by atomic mass is 16.3. The van der Waals surface area contributed by atoms with Crippen molar-refractivity contribution in [3.8, 4) is 0 Å². The standard InChI is InChI=1S/C11H22N2O2/c1-2-5-12-8-11(15)13-6-3-10(9-13)4-7-14/h10,12,14H,2-9H2,1H3. The molecule has 1 atom stereocenters. The van der Waals surface area contributed by atoms with E-state index in [9.17, 15) is 4.79 Å². The number of aliphatic hydroxyl groups excluding tert-OH is 1. The summed E-state index contributed by atoms with van der Waals surface area (Å²) in [4.78, 5) is 13.6. The molecule has 0 aromatic heterocycles. The van der Waals surface area contributed by atoms with Gasteiger partial charge in [-0.1, -0.05) is 6.92 Å². The zero-order valence-electron chi connectivity index (χ0n) is 9.54. The van der Waals surface area contributed by atoms with Crippen molar-refractivity contribution in [2.75, 3.05) is 32.8 Å². The van der Waals surface area contributed by atoms with Crippen LogP contribution in [0.1, 0.15) is 26.2 Å². The summed E-state index contributed by atoms with van der Waals surface area (Å²) < 4.78 is 0. The molecule has 0 bridgehead atoms. The van der Waals surface area contributed by atoms with Crippen LogP contribution in [0.4, 0.5) is 0 Å². The lowest BCUT2D eigenvalue weighted by molar-refractivity contribution is -0.129. The summed E-state index contributed by atoms with van der Waals surface area (Å²) in [6.45, 7) is 5.37. The maximum Gasteiger partial charge on any atom is 0.236 e. The average Bonchev–Trinajstić information content (AvgIpc) is 2.67. The molecule has 2 N–H and O–H groups in total. The van der Waals surface area contributed by atoms with Crippen LogP contribution < -0.4 is 5.32 Å². The zero-order valence-corrected chi connectivity index (χ0v) is 9.54. The van der Waals surface area contributed by atoms with E-state index in [2.05, 4.69) is 12.2 Å². The van der Waals surface area contributed by atoms with Crippen LogP contribution in [-0.2, 0) is 4.79 Å². The Morgan fingerprint density at radius 1 is 1.60 bits per heavy atom. The van der Waals surface area contributed by atoms with E-state index in [0.717, 1.165) is 38.9 Å². The van der Waals surface area contributed by atoms with Crippen LogP contribution >= 0.6 is 0 Å². The van der Waals surface area contributed by atoms with E-state index >= 15 is 0 Å². The summed E-state index contributed by atoms with van der Waals surface area (Å²) in [5, 5.41) is 11.9. The Morgan fingerprint density at radius 2 is 2.40 bits per heavy atom. The normalized spacial score (nSPS) is 20.9. The molecule has 1 heterocycles. The Labute approximate surface area is 91.6 Å². The first kappa shape index (κ1) is 12.5. The molecular formula is C11H22N2O2. The maximum atomic E-state index is 11.7. The number of carbonyl (C=O) groups excluding carboxylic acids is 1. The monoisotopic (exact) mass is 214 g/mol. The third kappa shape index (κ3) is 4.18. The number of rotatable bonds is 6. The molecule has 0 radical (unpaired) electrons. The van der Waals surface area contributed by atoms with E-state index in [1.165, 1.54) is 0 Å². The van der Waals surface area contributed by atoms with Crippen molar-refractivity contribution in [3.05, 3.63) is 0 Å². The first-order chi connectivity index (χ1) is 7.27. The molecule has 1 aliphatic rings. The largest absolute Gasteiger partial charge is 0.396 e. The number of nitrogens with zero attached hydrogens (tertiary/aromatic N) is 1. The third-order valence-corrected chi connectivity index (χ3v) is 2.88. The van der Waals surface area contributed by atoms with Crippen molar-refractivity contribution < 1.29 is 9.90 Å². The highest BCUT2D eigenvalue weighted by Crippen LogP contribution is 2.18. The van der Waals surface area contributed by atoms with Crippen LogP contribution in [0.5, 0.6) is 0 Å². The molecule has 1 unspecified atom stereocenters. The molecule has 4 heteroatoms. The smallest absolute Gasteiger partial charge is 0.236 e. The van der Waals surface area contributed by atoms with Crippen molar-refractivity contribution >= 4 is 5.91 Å². The van der Waals surface area contributed by atoms with Crippen molar-refractivity contribution in [2.24, 2.45) is 5.92 Å². The van der Waals surface area contributed by atoms with Crippen LogP contribution in [0, 0.1) is 5.92 Å². The van der Waals surface area contributed by atoms with Gasteiger partial charge in [0.2, 0.25) is 5.91 Å². The Balaban J connectivity index is 2.18. The molecule has 0 saturated carbocycles. The van der Waals surface area contributed by atoms with Gasteiger partial charge in [0, 0.05) is 19.7 Å². The molecule has 1 amide bonds. The molecule has 1 fully saturated rings. The van der Waals surface area contributed by atoms with Crippen LogP contribution in [0.25, 0.3) is 0 Å². The number of nitrogens with one attached hydrogen (secondary N) is 1. The fraction of sp³-hybridized carbons (Fsp3) is 0.909. The van der Waals surface area contributed by atoms with Gasteiger partial charge in [0.25, 0.3) is 0 Å². The van der Waals surface area contributed by atoms with Crippen molar-refractivity contribution in [1.29, 1.82) is 0 Å². The maximum absolute atomic E-state index is 11.7. The van der Waals surface area contributed by atoms with E-state index in [1.54, 1.807) is 0 Å². The minimum atomic E-state index is 0.198. The van der Waals surface area contributed by atoms with Crippen molar-refractivity contribution in [2.45, 2.75) is 26.2 Å². The Hall–Kier alpha value is -0.610. The van der Waals surface area contributed by atoms with Gasteiger partial charge in [0.1, 0.15) is 0 Å². The highest BCUT2D eigenvalue weighted by molar-refractivity contribution is 5.78. The Kier molecular flexibility index (Phi) is 5.65. The van der Waals surface area contributed by atoms with Crippen LogP contribution in [0.2, 0.25) is 0 Å². The molecule has 0 aliphatic carbocycles. The summed E-state index contributed by atoms with van der Waals surface area (Å²) in [5.41, 5.74) is 0. The Bertz CT molecular complexity index is 197. The minimum Gasteiger partial charge on any atom is -0.396 e. The summed E-state index contributed by atoms with van der Waals surface area (Å²) in [6, 6.07) is 0. The van der Waals surface area contributed by atoms with E-state index < -0.39 is 0 Å². The molecule has 15 heavy (non-hydrogen) atoms. The summed E-state index contributed by atoms with van der Waals surface area (Å²) >= 11 is 0. The van der Waals surface area contributed by atoms with Gasteiger partial charge in [-0.05, 0) is 31.7 Å². The second-order valence-corrected chi connectivity index (χ2v) is 4.18. The van der Waals surface area contributed by atoms with Gasteiger partial charge >= 0.3 is 0 Å². The average molecular weight is 214 g/mol. The minimum absolute atomic E-state index is 0.198. The van der Waals surface area contributed by atoms with Crippen LogP contribution in [0.15, 0.2) is 0 Å². The quantitative estimate of drug-likeness (QED) is 0.622. The fourth-order valence-electron chi connectivity index (χ4n) is 1.96. The lowest BCUT2D eigenvalue weighted by Crippen LogP contribution is -2.37. The molecule has 0 spiro atoms. The zero-order chi connectivity index (χ0) is 11.1. The number of hydrogen-bond acceptors (Lipinski definition) is 3. The van der Waals surface area contributed by atoms with Gasteiger partial charge in [0.15, 0.2) is 0 Å². The first-order valence-electron chi connectivity index (χ1n) is 5.87. The van der Waals surface area contributed by atoms with E-state index in [1.807, 2.05) is 4.90 Å². The van der Waals surface area contributed by atoms with Crippen LogP contribution in [-0.4, -0.2) is 48.7 Å². The number of hydrogen-bond donors (Lipinski definition) is 2. The molecular weight excluding hydrogens is 192 g/mol. The van der Waals surface area contributed by atoms with E-state index in [-0.39, 0.29) is 12.5 Å². The second-order valence-electron chi connectivity index (χ2n) is 4.18. The third-order valence-electron chi connectivity index (χ3n) is 2.88. The van der Waals surface area contributed by atoms with Crippen molar-refractivity contribution in [1.82, 2.24) is 10.2 Å². The second kappa shape index (κ2) is 6.80. The molecule has 0 aromatic rings. The molecule has 0 aromatic carbocycles. The number of likely N-dealkylation sites (tertiary alicyclic amines) is 1. The van der Waals surface area contributed by atoms with Gasteiger partial charge in [-0.15, -0.1) is 0 Å². The SMILES string of the molecule is CCCNCC(=O)N1CCC(CCO)C1. The molecule has 4 nitrogen and oxygen atoms in total. The number of amides is 1. The van der Waals surface area contributed by atoms with Gasteiger partial charge in [0.05, 0.1) is 6.54 Å². The summed E-state index contributed by atoms with van der Waals surface area (Å²) in [6.07, 6.45) is 2.92. The Morgan fingerprint density at radius 3 is 3.07 bits per heavy atom. The van der Waals surface area contributed by atoms with Gasteiger partial charge in [-0.3, -0.25) is 4.79 Å². The number of aliphatic hydroxyl groups is 1. The predicted molar refractivity (Wildman–Crippen MR) is 59.6 cm³/mol. The highest BCUT2D eigenvalue weighted by Gasteiger charge is 2.24. The molecule has 88 valence electrons. The lowest BCUT2D eigenvalue weighted by atomic mass is 10.1. The summed E-state index contributed by atoms with van der Waals surface area (Å²) in [7, 11) is 0. The number of carbonyl (C=O) groups is 1. The topological polar surface area (TPSA) is 52.6 Å². The van der Waals surface area contributed by atoms with Crippen LogP contribution in [0.3, 0.4) is 0 Å². The first-order valence-corrected chi connectivity index (χ1v) is 5.87. The summed E-state index contributed by atoms with van der Waals surface area (Å²) in [5.74, 6) is 0.703. The van der Waals surface area contributed by atoms with E-state index in [4.69, 9.17) is 5.11 Å². The molecule has 1 aliphatic heterocycles. The predicted octanol–water partition coefficient (Wildman–Crippen LogP) is 0.217. The fourth-order valence-corrected chi connectivity index (χ4v) is 1.96. The molecule has 1 rings (SSSR count).